The topological polar surface area (TPSA) is 61.5 Å². The van der Waals surface area contributed by atoms with Crippen molar-refractivity contribution in [2.24, 2.45) is 0 Å². The highest BCUT2D eigenvalue weighted by molar-refractivity contribution is 7.99. The zero-order chi connectivity index (χ0) is 12.0. The number of benzene rings is 1. The molecular formula is C11H15NO3S. The minimum Gasteiger partial charge on any atom is -0.465 e. The number of esters is 1. The number of hydrogen-bond acceptors (Lipinski definition) is 5. The number of carbonyl (C=O) groups excluding carboxylic acids is 1. The second-order valence-electron chi connectivity index (χ2n) is 3.09. The summed E-state index contributed by atoms with van der Waals surface area (Å²) in [5.41, 5.74) is 6.97. The predicted molar refractivity (Wildman–Crippen MR) is 64.8 cm³/mol. The van der Waals surface area contributed by atoms with E-state index in [4.69, 9.17) is 10.5 Å². The van der Waals surface area contributed by atoms with Gasteiger partial charge in [0, 0.05) is 23.4 Å². The third kappa shape index (κ3) is 3.43. The zero-order valence-electron chi connectivity index (χ0n) is 9.36. The summed E-state index contributed by atoms with van der Waals surface area (Å²) in [6.07, 6.45) is 0. The van der Waals surface area contributed by atoms with Gasteiger partial charge in [-0.3, -0.25) is 0 Å². The summed E-state index contributed by atoms with van der Waals surface area (Å²) in [5.74, 6) is 0.444. The van der Waals surface area contributed by atoms with Crippen molar-refractivity contribution in [3.63, 3.8) is 0 Å². The minimum atomic E-state index is -0.353. The number of nitrogens with two attached hydrogens (primary N) is 1. The maximum Gasteiger partial charge on any atom is 0.337 e. The van der Waals surface area contributed by atoms with E-state index in [0.29, 0.717) is 17.9 Å². The van der Waals surface area contributed by atoms with Gasteiger partial charge in [-0.15, -0.1) is 11.8 Å². The van der Waals surface area contributed by atoms with Gasteiger partial charge >= 0.3 is 5.97 Å². The van der Waals surface area contributed by atoms with Crippen LogP contribution in [0.5, 0.6) is 0 Å². The first kappa shape index (κ1) is 12.9. The molecule has 5 heteroatoms. The Labute approximate surface area is 99.1 Å². The van der Waals surface area contributed by atoms with E-state index in [2.05, 4.69) is 4.74 Å². The smallest absolute Gasteiger partial charge is 0.337 e. The van der Waals surface area contributed by atoms with E-state index in [-0.39, 0.29) is 5.97 Å². The first-order valence-electron chi connectivity index (χ1n) is 4.78. The van der Waals surface area contributed by atoms with Crippen LogP contribution in [0.4, 0.5) is 5.69 Å². The van der Waals surface area contributed by atoms with Gasteiger partial charge in [0.05, 0.1) is 19.3 Å². The molecule has 1 rings (SSSR count). The van der Waals surface area contributed by atoms with Crippen molar-refractivity contribution in [3.05, 3.63) is 23.8 Å². The third-order valence-electron chi connectivity index (χ3n) is 1.98. The molecule has 0 bridgehead atoms. The first-order chi connectivity index (χ1) is 7.69. The first-order valence-corrected chi connectivity index (χ1v) is 5.77. The number of rotatable bonds is 5. The molecule has 0 amide bonds. The lowest BCUT2D eigenvalue weighted by Gasteiger charge is -2.07. The molecular weight excluding hydrogens is 226 g/mol. The molecule has 0 aliphatic rings. The number of hydrogen-bond donors (Lipinski definition) is 1. The Morgan fingerprint density at radius 2 is 2.19 bits per heavy atom. The van der Waals surface area contributed by atoms with Crippen molar-refractivity contribution < 1.29 is 14.3 Å². The van der Waals surface area contributed by atoms with Gasteiger partial charge in [-0.2, -0.15) is 0 Å². The Hall–Kier alpha value is -1.20. The van der Waals surface area contributed by atoms with Crippen LogP contribution in [0.2, 0.25) is 0 Å². The van der Waals surface area contributed by atoms with Crippen LogP contribution in [0.25, 0.3) is 0 Å². The largest absolute Gasteiger partial charge is 0.465 e. The van der Waals surface area contributed by atoms with E-state index in [1.165, 1.54) is 7.11 Å². The number of nitrogen functional groups attached to an aromatic ring is 1. The highest BCUT2D eigenvalue weighted by atomic mass is 32.2. The minimum absolute atomic E-state index is 0.353. The van der Waals surface area contributed by atoms with Crippen molar-refractivity contribution in [2.45, 2.75) is 4.90 Å². The predicted octanol–water partition coefficient (Wildman–Crippen LogP) is 1.79. The van der Waals surface area contributed by atoms with Gasteiger partial charge in [-0.05, 0) is 18.2 Å². The Bertz CT molecular complexity index is 368. The fourth-order valence-corrected chi connectivity index (χ4v) is 2.05. The van der Waals surface area contributed by atoms with Crippen LogP contribution < -0.4 is 5.73 Å². The van der Waals surface area contributed by atoms with Gasteiger partial charge < -0.3 is 15.2 Å². The molecule has 0 fully saturated rings. The number of thioether (sulfide) groups is 1. The van der Waals surface area contributed by atoms with Gasteiger partial charge in [0.15, 0.2) is 0 Å². The molecule has 0 radical (unpaired) electrons. The summed E-state index contributed by atoms with van der Waals surface area (Å²) in [4.78, 5) is 12.2. The molecule has 16 heavy (non-hydrogen) atoms. The maximum absolute atomic E-state index is 11.3. The van der Waals surface area contributed by atoms with Crippen molar-refractivity contribution in [3.8, 4) is 0 Å². The Kier molecular flexibility index (Phi) is 5.14. The van der Waals surface area contributed by atoms with Gasteiger partial charge in [0.2, 0.25) is 0 Å². The van der Waals surface area contributed by atoms with Gasteiger partial charge in [-0.1, -0.05) is 0 Å². The SMILES string of the molecule is COCCSc1cc(C(=O)OC)ccc1N. The van der Waals surface area contributed by atoms with Gasteiger partial charge in [-0.25, -0.2) is 4.79 Å². The molecule has 1 aromatic rings. The normalized spacial score (nSPS) is 10.1. The zero-order valence-corrected chi connectivity index (χ0v) is 10.2. The van der Waals surface area contributed by atoms with Crippen molar-refractivity contribution in [1.29, 1.82) is 0 Å². The van der Waals surface area contributed by atoms with E-state index >= 15 is 0 Å². The van der Waals surface area contributed by atoms with E-state index in [1.807, 2.05) is 0 Å². The molecule has 0 unspecified atom stereocenters. The quantitative estimate of drug-likeness (QED) is 0.368. The fourth-order valence-electron chi connectivity index (χ4n) is 1.14. The van der Waals surface area contributed by atoms with Crippen LogP contribution >= 0.6 is 11.8 Å². The highest BCUT2D eigenvalue weighted by Gasteiger charge is 2.08. The maximum atomic E-state index is 11.3. The summed E-state index contributed by atoms with van der Waals surface area (Å²) in [6.45, 7) is 0.645. The van der Waals surface area contributed by atoms with Crippen molar-refractivity contribution in [2.75, 3.05) is 32.3 Å². The van der Waals surface area contributed by atoms with Crippen LogP contribution in [-0.4, -0.2) is 32.5 Å². The summed E-state index contributed by atoms with van der Waals surface area (Å²) >= 11 is 1.56. The van der Waals surface area contributed by atoms with Gasteiger partial charge in [0.1, 0.15) is 0 Å². The molecule has 0 spiro atoms. The molecule has 2 N–H and O–H groups in total. The van der Waals surface area contributed by atoms with Gasteiger partial charge in [0.25, 0.3) is 0 Å². The second-order valence-corrected chi connectivity index (χ2v) is 4.22. The van der Waals surface area contributed by atoms with E-state index in [9.17, 15) is 4.79 Å². The van der Waals surface area contributed by atoms with E-state index in [1.54, 1.807) is 37.1 Å². The van der Waals surface area contributed by atoms with Crippen LogP contribution in [0, 0.1) is 0 Å². The summed E-state index contributed by atoms with van der Waals surface area (Å²) in [6, 6.07) is 5.10. The number of anilines is 1. The monoisotopic (exact) mass is 241 g/mol. The number of carbonyl (C=O) groups is 1. The van der Waals surface area contributed by atoms with Crippen LogP contribution in [-0.2, 0) is 9.47 Å². The molecule has 0 aromatic heterocycles. The molecule has 4 nitrogen and oxygen atoms in total. The molecule has 0 heterocycles. The Balaban J connectivity index is 2.78. The lowest BCUT2D eigenvalue weighted by atomic mass is 10.2. The van der Waals surface area contributed by atoms with Crippen LogP contribution in [0.3, 0.4) is 0 Å². The lowest BCUT2D eigenvalue weighted by molar-refractivity contribution is 0.0600. The standard InChI is InChI=1S/C11H15NO3S/c1-14-5-6-16-10-7-8(11(13)15-2)3-4-9(10)12/h3-4,7H,5-6,12H2,1-2H3. The summed E-state index contributed by atoms with van der Waals surface area (Å²) < 4.78 is 9.59. The molecule has 0 atom stereocenters. The molecule has 88 valence electrons. The third-order valence-corrected chi connectivity index (χ3v) is 3.02. The lowest BCUT2D eigenvalue weighted by Crippen LogP contribution is -2.02. The molecule has 0 saturated heterocycles. The van der Waals surface area contributed by atoms with E-state index in [0.717, 1.165) is 10.6 Å². The summed E-state index contributed by atoms with van der Waals surface area (Å²) in [5, 5.41) is 0. The van der Waals surface area contributed by atoms with Crippen molar-refractivity contribution >= 4 is 23.4 Å². The Morgan fingerprint density at radius 1 is 1.44 bits per heavy atom. The average Bonchev–Trinajstić information content (AvgIpc) is 2.31. The molecule has 0 aliphatic heterocycles. The van der Waals surface area contributed by atoms with Crippen molar-refractivity contribution in [1.82, 2.24) is 0 Å². The molecule has 0 aliphatic carbocycles. The van der Waals surface area contributed by atoms with Crippen LogP contribution in [0.1, 0.15) is 10.4 Å². The number of ether oxygens (including phenoxy) is 2. The average molecular weight is 241 g/mol. The molecule has 0 saturated carbocycles. The summed E-state index contributed by atoms with van der Waals surface area (Å²) in [7, 11) is 3.01. The number of methoxy groups -OCH3 is 2. The Morgan fingerprint density at radius 3 is 2.81 bits per heavy atom. The fraction of sp³-hybridized carbons (Fsp3) is 0.364. The molecule has 1 aromatic carbocycles. The van der Waals surface area contributed by atoms with Crippen LogP contribution in [0.15, 0.2) is 23.1 Å². The second kappa shape index (κ2) is 6.40. The van der Waals surface area contributed by atoms with E-state index < -0.39 is 0 Å². The highest BCUT2D eigenvalue weighted by Crippen LogP contribution is 2.26.